The van der Waals surface area contributed by atoms with Gasteiger partial charge in [-0.3, -0.25) is 0 Å². The molecule has 0 radical (unpaired) electrons. The molecule has 1 aromatic rings. The smallest absolute Gasteiger partial charge is 0.0859 e. The number of aryl methyl sites for hydroxylation is 1. The molecule has 3 heteroatoms. The Morgan fingerprint density at radius 3 is 2.35 bits per heavy atom. The molecule has 3 nitrogen and oxygen atoms in total. The van der Waals surface area contributed by atoms with Crippen LogP contribution in [0.4, 0.5) is 0 Å². The summed E-state index contributed by atoms with van der Waals surface area (Å²) in [4.78, 5) is 0. The highest BCUT2D eigenvalue weighted by molar-refractivity contribution is 5.13. The van der Waals surface area contributed by atoms with Crippen molar-refractivity contribution >= 4 is 0 Å². The molecule has 0 aliphatic heterocycles. The number of nitrogens with zero attached hydrogens (tertiary/aromatic N) is 3. The van der Waals surface area contributed by atoms with Gasteiger partial charge < -0.3 is 0 Å². The highest BCUT2D eigenvalue weighted by atomic mass is 15.5. The number of fused-ring (bicyclic) bond motifs is 1. The number of hydrogen-bond acceptors (Lipinski definition) is 2. The summed E-state index contributed by atoms with van der Waals surface area (Å²) < 4.78 is 2.23. The van der Waals surface area contributed by atoms with E-state index < -0.39 is 0 Å². The lowest BCUT2D eigenvalue weighted by Crippen LogP contribution is -2.31. The van der Waals surface area contributed by atoms with Gasteiger partial charge in [0.2, 0.25) is 0 Å². The van der Waals surface area contributed by atoms with Gasteiger partial charge in [-0.25, -0.2) is 4.68 Å². The Balaban J connectivity index is 2.35. The summed E-state index contributed by atoms with van der Waals surface area (Å²) in [6, 6.07) is 0. The van der Waals surface area contributed by atoms with Gasteiger partial charge in [-0.05, 0) is 45.4 Å². The fourth-order valence-corrected chi connectivity index (χ4v) is 2.70. The molecule has 1 aliphatic carbocycles. The van der Waals surface area contributed by atoms with Crippen LogP contribution in [0.2, 0.25) is 0 Å². The van der Waals surface area contributed by atoms with Crippen LogP contribution in [0.5, 0.6) is 0 Å². The van der Waals surface area contributed by atoms with E-state index in [1.807, 2.05) is 0 Å². The zero-order valence-corrected chi connectivity index (χ0v) is 11.5. The molecular weight excluding hydrogens is 210 g/mol. The molecule has 17 heavy (non-hydrogen) atoms. The summed E-state index contributed by atoms with van der Waals surface area (Å²) in [7, 11) is 0. The molecule has 1 aromatic heterocycles. The van der Waals surface area contributed by atoms with Crippen LogP contribution in [0.15, 0.2) is 0 Å². The fourth-order valence-electron chi connectivity index (χ4n) is 2.70. The minimum atomic E-state index is 0.153. The Kier molecular flexibility index (Phi) is 3.85. The van der Waals surface area contributed by atoms with E-state index >= 15 is 0 Å². The summed E-state index contributed by atoms with van der Waals surface area (Å²) in [5, 5.41) is 8.89. The second-order valence-electron chi connectivity index (χ2n) is 5.51. The molecule has 0 amide bonds. The van der Waals surface area contributed by atoms with Gasteiger partial charge >= 0.3 is 0 Å². The lowest BCUT2D eigenvalue weighted by atomic mass is 9.93. The monoisotopic (exact) mass is 235 g/mol. The number of rotatable bonds is 3. The van der Waals surface area contributed by atoms with Crippen LogP contribution in [0.1, 0.15) is 70.7 Å². The van der Waals surface area contributed by atoms with E-state index in [0.29, 0.717) is 0 Å². The maximum atomic E-state index is 4.46. The molecule has 0 unspecified atom stereocenters. The average molecular weight is 235 g/mol. The van der Waals surface area contributed by atoms with Crippen molar-refractivity contribution in [1.82, 2.24) is 15.0 Å². The lowest BCUT2D eigenvalue weighted by Gasteiger charge is -2.29. The molecule has 0 N–H and O–H groups in total. The van der Waals surface area contributed by atoms with Crippen molar-refractivity contribution in [1.29, 1.82) is 0 Å². The highest BCUT2D eigenvalue weighted by Crippen LogP contribution is 2.28. The van der Waals surface area contributed by atoms with Gasteiger partial charge in [0.25, 0.3) is 0 Å². The van der Waals surface area contributed by atoms with E-state index in [2.05, 4.69) is 35.8 Å². The topological polar surface area (TPSA) is 30.7 Å². The Morgan fingerprint density at radius 2 is 1.71 bits per heavy atom. The molecule has 0 saturated heterocycles. The van der Waals surface area contributed by atoms with Gasteiger partial charge in [-0.15, -0.1) is 5.10 Å². The van der Waals surface area contributed by atoms with Crippen LogP contribution in [-0.2, 0) is 18.4 Å². The maximum Gasteiger partial charge on any atom is 0.0859 e. The van der Waals surface area contributed by atoms with Crippen molar-refractivity contribution < 1.29 is 0 Å². The van der Waals surface area contributed by atoms with Gasteiger partial charge in [-0.1, -0.05) is 31.9 Å². The molecule has 2 rings (SSSR count). The van der Waals surface area contributed by atoms with Crippen molar-refractivity contribution in [2.24, 2.45) is 0 Å². The minimum Gasteiger partial charge on any atom is -0.243 e. The quantitative estimate of drug-likeness (QED) is 0.803. The second-order valence-corrected chi connectivity index (χ2v) is 5.51. The highest BCUT2D eigenvalue weighted by Gasteiger charge is 2.28. The normalized spacial score (nSPS) is 17.4. The molecule has 1 heterocycles. The van der Waals surface area contributed by atoms with Crippen LogP contribution in [0, 0.1) is 0 Å². The van der Waals surface area contributed by atoms with E-state index in [1.54, 1.807) is 0 Å². The van der Waals surface area contributed by atoms with Crippen LogP contribution >= 0.6 is 0 Å². The van der Waals surface area contributed by atoms with Gasteiger partial charge in [0.1, 0.15) is 0 Å². The first kappa shape index (κ1) is 12.6. The fraction of sp³-hybridized carbons (Fsp3) is 0.857. The lowest BCUT2D eigenvalue weighted by molar-refractivity contribution is 0.250. The SMILES string of the molecule is CCC(C)(CC)n1nnc2c1CCCCCC2. The minimum absolute atomic E-state index is 0.153. The molecule has 0 saturated carbocycles. The maximum absolute atomic E-state index is 4.46. The van der Waals surface area contributed by atoms with E-state index in [0.717, 1.165) is 25.7 Å². The summed E-state index contributed by atoms with van der Waals surface area (Å²) in [5.74, 6) is 0. The summed E-state index contributed by atoms with van der Waals surface area (Å²) in [6.07, 6.45) is 9.82. The molecule has 0 aromatic carbocycles. The summed E-state index contributed by atoms with van der Waals surface area (Å²) in [6.45, 7) is 6.81. The van der Waals surface area contributed by atoms with Crippen LogP contribution in [-0.4, -0.2) is 15.0 Å². The predicted molar refractivity (Wildman–Crippen MR) is 70.1 cm³/mol. The van der Waals surface area contributed by atoms with E-state index in [4.69, 9.17) is 0 Å². The number of hydrogen-bond donors (Lipinski definition) is 0. The number of aromatic nitrogens is 3. The van der Waals surface area contributed by atoms with E-state index in [1.165, 1.54) is 37.1 Å². The van der Waals surface area contributed by atoms with Crippen LogP contribution in [0.3, 0.4) is 0 Å². The van der Waals surface area contributed by atoms with Gasteiger partial charge in [0.05, 0.1) is 16.9 Å². The first-order chi connectivity index (χ1) is 8.21. The third kappa shape index (κ3) is 2.38. The first-order valence-electron chi connectivity index (χ1n) is 7.15. The largest absolute Gasteiger partial charge is 0.243 e. The molecule has 0 bridgehead atoms. The van der Waals surface area contributed by atoms with Gasteiger partial charge in [0, 0.05) is 0 Å². The molecule has 96 valence electrons. The molecule has 1 aliphatic rings. The Labute approximate surface area is 105 Å². The van der Waals surface area contributed by atoms with Gasteiger partial charge in [0.15, 0.2) is 0 Å². The average Bonchev–Trinajstić information content (AvgIpc) is 2.71. The second kappa shape index (κ2) is 5.19. The van der Waals surface area contributed by atoms with Crippen molar-refractivity contribution in [3.05, 3.63) is 11.4 Å². The third-order valence-electron chi connectivity index (χ3n) is 4.46. The van der Waals surface area contributed by atoms with Gasteiger partial charge in [-0.2, -0.15) is 0 Å². The standard InChI is InChI=1S/C14H25N3/c1-4-14(3,5-2)17-13-11-9-7-6-8-10-12(13)15-16-17/h4-11H2,1-3H3. The van der Waals surface area contributed by atoms with Crippen molar-refractivity contribution in [3.63, 3.8) is 0 Å². The van der Waals surface area contributed by atoms with Crippen LogP contribution in [0.25, 0.3) is 0 Å². The van der Waals surface area contributed by atoms with E-state index in [-0.39, 0.29) is 5.54 Å². The molecular formula is C14H25N3. The van der Waals surface area contributed by atoms with Crippen LogP contribution < -0.4 is 0 Å². The Hall–Kier alpha value is -0.860. The predicted octanol–water partition coefficient (Wildman–Crippen LogP) is 3.47. The van der Waals surface area contributed by atoms with Crippen molar-refractivity contribution in [3.8, 4) is 0 Å². The molecule has 0 fully saturated rings. The zero-order valence-electron chi connectivity index (χ0n) is 11.5. The molecule has 0 atom stereocenters. The molecule has 0 spiro atoms. The summed E-state index contributed by atoms with van der Waals surface area (Å²) in [5.41, 5.74) is 2.83. The Morgan fingerprint density at radius 1 is 1.06 bits per heavy atom. The summed E-state index contributed by atoms with van der Waals surface area (Å²) >= 11 is 0. The van der Waals surface area contributed by atoms with Crippen molar-refractivity contribution in [2.75, 3.05) is 0 Å². The zero-order chi connectivity index (χ0) is 12.3. The third-order valence-corrected chi connectivity index (χ3v) is 4.46. The van der Waals surface area contributed by atoms with Crippen molar-refractivity contribution in [2.45, 2.75) is 77.7 Å². The first-order valence-corrected chi connectivity index (χ1v) is 7.15. The Bertz CT molecular complexity index is 364. The van der Waals surface area contributed by atoms with E-state index in [9.17, 15) is 0 Å².